The van der Waals surface area contributed by atoms with Crippen molar-refractivity contribution in [2.24, 2.45) is 0 Å². The number of carbonyl (C=O) groups excluding carboxylic acids is 1. The molecule has 0 aromatic heterocycles. The van der Waals surface area contributed by atoms with Gasteiger partial charge in [0.1, 0.15) is 12.4 Å². The lowest BCUT2D eigenvalue weighted by Gasteiger charge is -2.33. The van der Waals surface area contributed by atoms with Crippen LogP contribution in [0.15, 0.2) is 64.8 Å². The molecule has 1 aliphatic heterocycles. The van der Waals surface area contributed by atoms with E-state index in [1.54, 1.807) is 6.08 Å². The smallest absolute Gasteiger partial charge is 0.254 e. The van der Waals surface area contributed by atoms with E-state index in [9.17, 15) is 4.79 Å². The lowest BCUT2D eigenvalue weighted by atomic mass is 10.1. The van der Waals surface area contributed by atoms with Crippen molar-refractivity contribution in [2.45, 2.75) is 32.9 Å². The highest BCUT2D eigenvalue weighted by Crippen LogP contribution is 2.29. The van der Waals surface area contributed by atoms with Gasteiger partial charge in [-0.05, 0) is 43.2 Å². The first-order valence-corrected chi connectivity index (χ1v) is 8.80. The highest BCUT2D eigenvalue weighted by Gasteiger charge is 2.27. The number of hydrogen-bond acceptors (Lipinski definition) is 2. The van der Waals surface area contributed by atoms with Crippen LogP contribution in [0.2, 0.25) is 0 Å². The minimum atomic E-state index is -0.0291. The van der Waals surface area contributed by atoms with Crippen molar-refractivity contribution < 1.29 is 9.53 Å². The van der Waals surface area contributed by atoms with Crippen LogP contribution in [0.1, 0.15) is 24.5 Å². The number of hydrogen-bond donors (Lipinski definition) is 0. The Bertz CT molecular complexity index is 770. The third kappa shape index (κ3) is 3.70. The summed E-state index contributed by atoms with van der Waals surface area (Å²) in [7, 11) is 0. The summed E-state index contributed by atoms with van der Waals surface area (Å²) < 4.78 is 6.89. The molecule has 1 aliphatic rings. The van der Waals surface area contributed by atoms with Gasteiger partial charge in [-0.3, -0.25) is 4.79 Å². The number of amides is 1. The SMILES string of the molecule is Cc1cc(N2C(=O)C=C(OCc3ccccc3)CC2C)ccc1Br. The summed E-state index contributed by atoms with van der Waals surface area (Å²) in [6, 6.07) is 16.0. The molecule has 0 bridgehead atoms. The van der Waals surface area contributed by atoms with Gasteiger partial charge >= 0.3 is 0 Å². The molecule has 0 saturated heterocycles. The maximum absolute atomic E-state index is 12.6. The molecule has 3 rings (SSSR count). The van der Waals surface area contributed by atoms with Crippen LogP contribution in [-0.2, 0) is 16.1 Å². The van der Waals surface area contributed by atoms with E-state index >= 15 is 0 Å². The molecule has 0 N–H and O–H groups in total. The second-order valence-corrected chi connectivity index (χ2v) is 6.93. The van der Waals surface area contributed by atoms with Crippen LogP contribution < -0.4 is 4.90 Å². The Morgan fingerprint density at radius 1 is 1.21 bits per heavy atom. The van der Waals surface area contributed by atoms with E-state index in [2.05, 4.69) is 15.9 Å². The summed E-state index contributed by atoms with van der Waals surface area (Å²) in [4.78, 5) is 14.4. The standard InChI is InChI=1S/C20H20BrNO2/c1-14-10-17(8-9-19(14)21)22-15(2)11-18(12-20(22)23)24-13-16-6-4-3-5-7-16/h3-10,12,15H,11,13H2,1-2H3. The zero-order chi connectivity index (χ0) is 17.1. The molecule has 0 saturated carbocycles. The van der Waals surface area contributed by atoms with E-state index in [0.717, 1.165) is 27.0 Å². The Hall–Kier alpha value is -2.07. The molecule has 0 spiro atoms. The summed E-state index contributed by atoms with van der Waals surface area (Å²) >= 11 is 3.50. The van der Waals surface area contributed by atoms with Crippen LogP contribution in [-0.4, -0.2) is 11.9 Å². The van der Waals surface area contributed by atoms with E-state index in [1.165, 1.54) is 0 Å². The van der Waals surface area contributed by atoms with Gasteiger partial charge in [0, 0.05) is 28.7 Å². The average Bonchev–Trinajstić information content (AvgIpc) is 2.56. The minimum Gasteiger partial charge on any atom is -0.493 e. The molecule has 0 fully saturated rings. The molecule has 4 heteroatoms. The van der Waals surface area contributed by atoms with E-state index in [1.807, 2.05) is 67.3 Å². The van der Waals surface area contributed by atoms with Crippen molar-refractivity contribution in [3.05, 3.63) is 76.0 Å². The fraction of sp³-hybridized carbons (Fsp3) is 0.250. The summed E-state index contributed by atoms with van der Waals surface area (Å²) in [5, 5.41) is 0. The lowest BCUT2D eigenvalue weighted by Crippen LogP contribution is -2.41. The van der Waals surface area contributed by atoms with Gasteiger partial charge in [0.2, 0.25) is 0 Å². The van der Waals surface area contributed by atoms with Crippen molar-refractivity contribution in [3.8, 4) is 0 Å². The highest BCUT2D eigenvalue weighted by molar-refractivity contribution is 9.10. The van der Waals surface area contributed by atoms with Crippen molar-refractivity contribution in [3.63, 3.8) is 0 Å². The molecular formula is C20H20BrNO2. The minimum absolute atomic E-state index is 0.0291. The molecule has 1 atom stereocenters. The van der Waals surface area contributed by atoms with Gasteiger partial charge in [-0.15, -0.1) is 0 Å². The third-order valence-corrected chi connectivity index (χ3v) is 5.04. The number of nitrogens with zero attached hydrogens (tertiary/aromatic N) is 1. The Morgan fingerprint density at radius 3 is 2.62 bits per heavy atom. The van der Waals surface area contributed by atoms with Crippen LogP contribution in [0.25, 0.3) is 0 Å². The number of rotatable bonds is 4. The van der Waals surface area contributed by atoms with E-state index in [-0.39, 0.29) is 11.9 Å². The number of benzene rings is 2. The maximum Gasteiger partial charge on any atom is 0.254 e. The van der Waals surface area contributed by atoms with Crippen molar-refractivity contribution in [2.75, 3.05) is 4.90 Å². The van der Waals surface area contributed by atoms with Crippen molar-refractivity contribution in [1.82, 2.24) is 0 Å². The molecule has 0 aliphatic carbocycles. The molecule has 0 radical (unpaired) electrons. The molecule has 124 valence electrons. The summed E-state index contributed by atoms with van der Waals surface area (Å²) in [6.07, 6.45) is 2.33. The van der Waals surface area contributed by atoms with Gasteiger partial charge in [0.05, 0.1) is 0 Å². The number of halogens is 1. The normalized spacial score (nSPS) is 17.6. The Balaban J connectivity index is 1.73. The molecule has 24 heavy (non-hydrogen) atoms. The first-order valence-electron chi connectivity index (χ1n) is 8.01. The van der Waals surface area contributed by atoms with E-state index in [4.69, 9.17) is 4.74 Å². The number of anilines is 1. The predicted molar refractivity (Wildman–Crippen MR) is 99.8 cm³/mol. The third-order valence-electron chi connectivity index (χ3n) is 4.15. The lowest BCUT2D eigenvalue weighted by molar-refractivity contribution is -0.115. The van der Waals surface area contributed by atoms with Crippen LogP contribution in [0, 0.1) is 6.92 Å². The summed E-state index contributed by atoms with van der Waals surface area (Å²) in [5.41, 5.74) is 3.14. The first kappa shape index (κ1) is 16.8. The summed E-state index contributed by atoms with van der Waals surface area (Å²) in [5.74, 6) is 0.722. The predicted octanol–water partition coefficient (Wildman–Crippen LogP) is 4.98. The second-order valence-electron chi connectivity index (χ2n) is 6.08. The molecule has 1 heterocycles. The molecule has 2 aromatic carbocycles. The number of aryl methyl sites for hydroxylation is 1. The van der Waals surface area contributed by atoms with Gasteiger partial charge in [0.25, 0.3) is 5.91 Å². The van der Waals surface area contributed by atoms with Crippen LogP contribution in [0.3, 0.4) is 0 Å². The van der Waals surface area contributed by atoms with Gasteiger partial charge in [-0.2, -0.15) is 0 Å². The molecule has 1 amide bonds. The monoisotopic (exact) mass is 385 g/mol. The van der Waals surface area contributed by atoms with Crippen molar-refractivity contribution in [1.29, 1.82) is 0 Å². The molecule has 2 aromatic rings. The van der Waals surface area contributed by atoms with Gasteiger partial charge < -0.3 is 9.64 Å². The topological polar surface area (TPSA) is 29.5 Å². The van der Waals surface area contributed by atoms with Gasteiger partial charge in [-0.25, -0.2) is 0 Å². The quantitative estimate of drug-likeness (QED) is 0.742. The highest BCUT2D eigenvalue weighted by atomic mass is 79.9. The maximum atomic E-state index is 12.6. The average molecular weight is 386 g/mol. The van der Waals surface area contributed by atoms with E-state index < -0.39 is 0 Å². The van der Waals surface area contributed by atoms with Crippen molar-refractivity contribution >= 4 is 27.5 Å². The first-order chi connectivity index (χ1) is 11.5. The fourth-order valence-electron chi connectivity index (χ4n) is 2.88. The Morgan fingerprint density at radius 2 is 1.96 bits per heavy atom. The Labute approximate surface area is 151 Å². The summed E-state index contributed by atoms with van der Waals surface area (Å²) in [6.45, 7) is 4.56. The largest absolute Gasteiger partial charge is 0.493 e. The molecule has 1 unspecified atom stereocenters. The Kier molecular flexibility index (Phi) is 5.05. The van der Waals surface area contributed by atoms with Crippen LogP contribution in [0.5, 0.6) is 0 Å². The molecule has 3 nitrogen and oxygen atoms in total. The second kappa shape index (κ2) is 7.22. The number of carbonyl (C=O) groups is 1. The van der Waals surface area contributed by atoms with Gasteiger partial charge in [-0.1, -0.05) is 46.3 Å². The van der Waals surface area contributed by atoms with Crippen LogP contribution in [0.4, 0.5) is 5.69 Å². The van der Waals surface area contributed by atoms with Crippen LogP contribution >= 0.6 is 15.9 Å². The van der Waals surface area contributed by atoms with E-state index in [0.29, 0.717) is 13.0 Å². The fourth-order valence-corrected chi connectivity index (χ4v) is 3.12. The zero-order valence-corrected chi connectivity index (χ0v) is 15.4. The zero-order valence-electron chi connectivity index (χ0n) is 13.8. The molecular weight excluding hydrogens is 366 g/mol. The van der Waals surface area contributed by atoms with Gasteiger partial charge in [0.15, 0.2) is 0 Å². The number of ether oxygens (including phenoxy) is 1.